The predicted molar refractivity (Wildman–Crippen MR) is 95.1 cm³/mol. The molecule has 0 aromatic heterocycles. The maximum atomic E-state index is 12.4. The molecule has 1 heterocycles. The molecule has 9 nitrogen and oxygen atoms in total. The number of amides is 3. The molecule has 0 saturated heterocycles. The van der Waals surface area contributed by atoms with Crippen molar-refractivity contribution in [1.29, 1.82) is 0 Å². The van der Waals surface area contributed by atoms with Crippen LogP contribution in [0.2, 0.25) is 5.02 Å². The fourth-order valence-electron chi connectivity index (χ4n) is 2.51. The Morgan fingerprint density at radius 2 is 1.71 bits per heavy atom. The number of halogens is 1. The molecule has 2 N–H and O–H groups in total. The summed E-state index contributed by atoms with van der Waals surface area (Å²) in [5, 5.41) is 0.320. The zero-order valence-electron chi connectivity index (χ0n) is 14.4. The number of ether oxygens (including phenoxy) is 2. The number of carbonyl (C=O) groups is 4. The van der Waals surface area contributed by atoms with E-state index in [2.05, 4.69) is 0 Å². The number of fused-ring (bicyclic) bond motifs is 1. The summed E-state index contributed by atoms with van der Waals surface area (Å²) >= 11 is 6.08. The summed E-state index contributed by atoms with van der Waals surface area (Å²) < 4.78 is 10.3. The molecule has 10 heteroatoms. The van der Waals surface area contributed by atoms with Crippen LogP contribution in [0.15, 0.2) is 36.4 Å². The smallest absolute Gasteiger partial charge is 0.364 e. The summed E-state index contributed by atoms with van der Waals surface area (Å²) in [6.45, 7) is -0.449. The van der Waals surface area contributed by atoms with E-state index < -0.39 is 30.3 Å². The topological polar surface area (TPSA) is 125 Å². The molecule has 0 saturated carbocycles. The third kappa shape index (κ3) is 3.47. The number of carbonyl (C=O) groups excluding carboxylic acids is 4. The molecule has 0 fully saturated rings. The van der Waals surface area contributed by atoms with E-state index in [1.54, 1.807) is 12.1 Å². The molecule has 3 amide bonds. The van der Waals surface area contributed by atoms with Crippen LogP contribution < -0.4 is 15.2 Å². The van der Waals surface area contributed by atoms with Crippen LogP contribution in [0.3, 0.4) is 0 Å². The van der Waals surface area contributed by atoms with Crippen molar-refractivity contribution in [3.05, 3.63) is 58.1 Å². The molecule has 0 aliphatic carbocycles. The molecule has 0 bridgehead atoms. The van der Waals surface area contributed by atoms with Crippen LogP contribution in [0.25, 0.3) is 0 Å². The first-order valence-electron chi connectivity index (χ1n) is 7.82. The Morgan fingerprint density at radius 1 is 1.11 bits per heavy atom. The van der Waals surface area contributed by atoms with Gasteiger partial charge in [0, 0.05) is 0 Å². The Balaban J connectivity index is 1.84. The molecule has 0 radical (unpaired) electrons. The normalized spacial score (nSPS) is 12.6. The minimum atomic E-state index is -1.02. The summed E-state index contributed by atoms with van der Waals surface area (Å²) in [7, 11) is 1.29. The van der Waals surface area contributed by atoms with Crippen LogP contribution in [0.5, 0.6) is 11.5 Å². The Morgan fingerprint density at radius 3 is 2.25 bits per heavy atom. The molecule has 0 atom stereocenters. The van der Waals surface area contributed by atoms with Gasteiger partial charge in [-0.05, 0) is 24.3 Å². The second-order valence-electron chi connectivity index (χ2n) is 5.57. The van der Waals surface area contributed by atoms with Crippen LogP contribution >= 0.6 is 11.6 Å². The molecule has 1 aliphatic heterocycles. The number of methoxy groups -OCH3 is 1. The van der Waals surface area contributed by atoms with E-state index in [-0.39, 0.29) is 33.2 Å². The molecule has 0 unspecified atom stereocenters. The van der Waals surface area contributed by atoms with Gasteiger partial charge in [-0.25, -0.2) is 4.79 Å². The molecule has 144 valence electrons. The van der Waals surface area contributed by atoms with Crippen LogP contribution in [-0.2, 0) is 9.63 Å². The van der Waals surface area contributed by atoms with Gasteiger partial charge in [0.15, 0.2) is 18.1 Å². The van der Waals surface area contributed by atoms with Crippen molar-refractivity contribution in [3.8, 4) is 11.5 Å². The van der Waals surface area contributed by atoms with Crippen LogP contribution in [0, 0.1) is 0 Å². The average Bonchev–Trinajstić information content (AvgIpc) is 2.91. The second-order valence-corrected chi connectivity index (χ2v) is 5.98. The van der Waals surface area contributed by atoms with Gasteiger partial charge >= 0.3 is 5.97 Å². The van der Waals surface area contributed by atoms with Gasteiger partial charge < -0.3 is 20.0 Å². The van der Waals surface area contributed by atoms with E-state index in [0.717, 1.165) is 0 Å². The second kappa shape index (κ2) is 7.57. The largest absolute Gasteiger partial charge is 0.493 e. The van der Waals surface area contributed by atoms with Gasteiger partial charge in [-0.2, -0.15) is 0 Å². The lowest BCUT2D eigenvalue weighted by atomic mass is 10.1. The van der Waals surface area contributed by atoms with Crippen molar-refractivity contribution >= 4 is 35.3 Å². The molecule has 2 aromatic rings. The maximum Gasteiger partial charge on any atom is 0.364 e. The quantitative estimate of drug-likeness (QED) is 0.724. The average molecular weight is 405 g/mol. The highest BCUT2D eigenvalue weighted by Gasteiger charge is 2.39. The lowest BCUT2D eigenvalue weighted by molar-refractivity contribution is -0.119. The number of nitrogens with zero attached hydrogens (tertiary/aromatic N) is 1. The highest BCUT2D eigenvalue weighted by Crippen LogP contribution is 2.37. The van der Waals surface area contributed by atoms with Crippen molar-refractivity contribution in [3.63, 3.8) is 0 Å². The molecular formula is C18H13ClN2O7. The molecular weight excluding hydrogens is 392 g/mol. The van der Waals surface area contributed by atoms with Crippen molar-refractivity contribution in [1.82, 2.24) is 5.06 Å². The minimum absolute atomic E-state index is 0.000229. The van der Waals surface area contributed by atoms with Crippen molar-refractivity contribution in [2.45, 2.75) is 0 Å². The molecule has 28 heavy (non-hydrogen) atoms. The predicted octanol–water partition coefficient (Wildman–Crippen LogP) is 1.58. The lowest BCUT2D eigenvalue weighted by Gasteiger charge is -2.15. The number of imide groups is 1. The fourth-order valence-corrected chi connectivity index (χ4v) is 2.77. The summed E-state index contributed by atoms with van der Waals surface area (Å²) in [5.41, 5.74) is 5.18. The SMILES string of the molecule is COc1cc(C(=O)ON2C(=O)c3ccccc3C2=O)cc(Cl)c1OCC(N)=O. The molecule has 2 aromatic carbocycles. The van der Waals surface area contributed by atoms with Gasteiger partial charge in [-0.3, -0.25) is 14.4 Å². The monoisotopic (exact) mass is 404 g/mol. The highest BCUT2D eigenvalue weighted by molar-refractivity contribution is 6.32. The van der Waals surface area contributed by atoms with E-state index in [1.807, 2.05) is 0 Å². The summed E-state index contributed by atoms with van der Waals surface area (Å²) in [6, 6.07) is 8.49. The zero-order valence-corrected chi connectivity index (χ0v) is 15.2. The number of hydrogen-bond donors (Lipinski definition) is 1. The number of hydroxylamine groups is 2. The number of primary amides is 1. The van der Waals surface area contributed by atoms with Crippen molar-refractivity contribution < 1.29 is 33.5 Å². The van der Waals surface area contributed by atoms with Gasteiger partial charge in [-0.1, -0.05) is 28.8 Å². The zero-order chi connectivity index (χ0) is 20.4. The van der Waals surface area contributed by atoms with Gasteiger partial charge in [0.2, 0.25) is 0 Å². The van der Waals surface area contributed by atoms with E-state index in [1.165, 1.54) is 31.4 Å². The lowest BCUT2D eigenvalue weighted by Crippen LogP contribution is -2.32. The maximum absolute atomic E-state index is 12.4. The van der Waals surface area contributed by atoms with Crippen LogP contribution in [0.4, 0.5) is 0 Å². The Labute approximate surface area is 163 Å². The minimum Gasteiger partial charge on any atom is -0.493 e. The Hall–Kier alpha value is -3.59. The first-order chi connectivity index (χ1) is 13.3. The van der Waals surface area contributed by atoms with Gasteiger partial charge in [-0.15, -0.1) is 0 Å². The third-order valence-electron chi connectivity index (χ3n) is 3.75. The summed E-state index contributed by atoms with van der Waals surface area (Å²) in [4.78, 5) is 52.8. The van der Waals surface area contributed by atoms with Gasteiger partial charge in [0.05, 0.1) is 28.8 Å². The number of nitrogens with two attached hydrogens (primary N) is 1. The van der Waals surface area contributed by atoms with E-state index in [9.17, 15) is 19.2 Å². The third-order valence-corrected chi connectivity index (χ3v) is 4.04. The first kappa shape index (κ1) is 19.2. The Bertz CT molecular complexity index is 970. The fraction of sp³-hybridized carbons (Fsp3) is 0.111. The molecule has 3 rings (SSSR count). The van der Waals surface area contributed by atoms with Crippen LogP contribution in [0.1, 0.15) is 31.1 Å². The summed E-state index contributed by atoms with van der Waals surface area (Å²) in [6.07, 6.45) is 0. The summed E-state index contributed by atoms with van der Waals surface area (Å²) in [5.74, 6) is -3.23. The van der Waals surface area contributed by atoms with E-state index in [0.29, 0.717) is 5.06 Å². The van der Waals surface area contributed by atoms with Gasteiger partial charge in [0.25, 0.3) is 17.7 Å². The van der Waals surface area contributed by atoms with Crippen molar-refractivity contribution in [2.75, 3.05) is 13.7 Å². The van der Waals surface area contributed by atoms with Crippen molar-refractivity contribution in [2.24, 2.45) is 5.73 Å². The first-order valence-corrected chi connectivity index (χ1v) is 8.20. The number of rotatable bonds is 6. The highest BCUT2D eigenvalue weighted by atomic mass is 35.5. The Kier molecular flexibility index (Phi) is 5.18. The molecule has 1 aliphatic rings. The van der Waals surface area contributed by atoms with Crippen LogP contribution in [-0.4, -0.2) is 42.5 Å². The molecule has 0 spiro atoms. The standard InChI is InChI=1S/C18H13ClN2O7/c1-26-13-7-9(6-12(19)15(13)27-8-14(20)22)18(25)28-21-16(23)10-4-2-3-5-11(10)17(21)24/h2-7H,8H2,1H3,(H2,20,22). The van der Waals surface area contributed by atoms with E-state index >= 15 is 0 Å². The number of benzene rings is 2. The number of hydrogen-bond acceptors (Lipinski definition) is 7. The van der Waals surface area contributed by atoms with Gasteiger partial charge in [0.1, 0.15) is 0 Å². The van der Waals surface area contributed by atoms with E-state index in [4.69, 9.17) is 31.6 Å².